The molecule has 2 amide bonds. The summed E-state index contributed by atoms with van der Waals surface area (Å²) in [4.78, 5) is 27.7. The topological polar surface area (TPSA) is 94.9 Å². The first kappa shape index (κ1) is 31.1. The number of nitrogens with one attached hydrogen (secondary N) is 2. The SMILES string of the molecule is CC/C=C\C/C=C\C/C=C\C/C=C\C/C=C\C/C=C\CCC(=O)NCCNC(=O)c1ccc(C#N)nc1. The predicted octanol–water partition coefficient (Wildman–Crippen LogP) is 6.28. The van der Waals surface area contributed by atoms with E-state index in [1.165, 1.54) is 12.3 Å². The highest BCUT2D eigenvalue weighted by Gasteiger charge is 2.05. The summed E-state index contributed by atoms with van der Waals surface area (Å²) in [5.74, 6) is -0.335. The molecule has 37 heavy (non-hydrogen) atoms. The molecule has 0 unspecified atom stereocenters. The van der Waals surface area contributed by atoms with Crippen molar-refractivity contribution in [2.24, 2.45) is 0 Å². The second-order valence-corrected chi connectivity index (χ2v) is 8.10. The highest BCUT2D eigenvalue weighted by atomic mass is 16.2. The Hall–Kier alpha value is -3.98. The maximum Gasteiger partial charge on any atom is 0.252 e. The van der Waals surface area contributed by atoms with Crippen molar-refractivity contribution in [1.29, 1.82) is 5.26 Å². The maximum atomic E-state index is 12.0. The van der Waals surface area contributed by atoms with Crippen LogP contribution in [0.3, 0.4) is 0 Å². The van der Waals surface area contributed by atoms with Crippen LogP contribution in [0.1, 0.15) is 74.3 Å². The molecule has 1 aromatic rings. The lowest BCUT2D eigenvalue weighted by Crippen LogP contribution is -2.34. The van der Waals surface area contributed by atoms with E-state index in [0.29, 0.717) is 31.5 Å². The van der Waals surface area contributed by atoms with E-state index in [0.717, 1.165) is 38.5 Å². The molecule has 0 saturated carbocycles. The van der Waals surface area contributed by atoms with E-state index in [2.05, 4.69) is 89.4 Å². The van der Waals surface area contributed by atoms with E-state index in [1.54, 1.807) is 6.07 Å². The van der Waals surface area contributed by atoms with Gasteiger partial charge in [0, 0.05) is 25.7 Å². The molecule has 6 nitrogen and oxygen atoms in total. The molecule has 0 saturated heterocycles. The Morgan fingerprint density at radius 2 is 1.30 bits per heavy atom. The average Bonchev–Trinajstić information content (AvgIpc) is 2.92. The molecule has 0 aromatic carbocycles. The van der Waals surface area contributed by atoms with Crippen molar-refractivity contribution in [2.75, 3.05) is 13.1 Å². The highest BCUT2D eigenvalue weighted by molar-refractivity contribution is 5.93. The number of pyridine rings is 1. The summed E-state index contributed by atoms with van der Waals surface area (Å²) >= 11 is 0. The zero-order valence-electron chi connectivity index (χ0n) is 21.9. The van der Waals surface area contributed by atoms with Crippen LogP contribution in [0.25, 0.3) is 0 Å². The summed E-state index contributed by atoms with van der Waals surface area (Å²) in [6, 6.07) is 4.94. The molecule has 0 fully saturated rings. The van der Waals surface area contributed by atoms with Crippen LogP contribution in [-0.4, -0.2) is 29.9 Å². The summed E-state index contributed by atoms with van der Waals surface area (Å²) in [5, 5.41) is 14.2. The Bertz CT molecular complexity index is 993. The summed E-state index contributed by atoms with van der Waals surface area (Å²) in [6.45, 7) is 2.83. The van der Waals surface area contributed by atoms with Crippen LogP contribution in [0.4, 0.5) is 0 Å². The third kappa shape index (κ3) is 18.0. The smallest absolute Gasteiger partial charge is 0.252 e. The van der Waals surface area contributed by atoms with E-state index < -0.39 is 0 Å². The van der Waals surface area contributed by atoms with Crippen molar-refractivity contribution >= 4 is 11.8 Å². The van der Waals surface area contributed by atoms with Gasteiger partial charge in [-0.25, -0.2) is 4.98 Å². The van der Waals surface area contributed by atoms with Crippen molar-refractivity contribution in [3.05, 3.63) is 102 Å². The molecule has 196 valence electrons. The highest BCUT2D eigenvalue weighted by Crippen LogP contribution is 2.00. The first-order chi connectivity index (χ1) is 18.2. The van der Waals surface area contributed by atoms with Gasteiger partial charge in [0.1, 0.15) is 11.8 Å². The maximum absolute atomic E-state index is 12.0. The lowest BCUT2D eigenvalue weighted by atomic mass is 10.2. The van der Waals surface area contributed by atoms with Gasteiger partial charge in [0.2, 0.25) is 5.91 Å². The Labute approximate surface area is 222 Å². The van der Waals surface area contributed by atoms with Crippen molar-refractivity contribution in [3.8, 4) is 6.07 Å². The van der Waals surface area contributed by atoms with Crippen LogP contribution < -0.4 is 10.6 Å². The van der Waals surface area contributed by atoms with Crippen LogP contribution in [0.5, 0.6) is 0 Å². The van der Waals surface area contributed by atoms with E-state index in [9.17, 15) is 9.59 Å². The quantitative estimate of drug-likeness (QED) is 0.183. The standard InChI is InChI=1S/C31H40N4O2/c1-2-3-4-5-6-7-8-9-10-11-12-13-14-15-16-17-18-19-20-21-30(36)33-24-25-34-31(37)28-22-23-29(26-32)35-27-28/h3-4,6-7,9-10,12-13,15-16,18-19,22-23,27H,2,5,8,11,14,17,20-21,24-25H2,1H3,(H,33,36)(H,34,37)/b4-3-,7-6-,10-9-,13-12-,16-15-,19-18-. The number of nitrogens with zero attached hydrogens (tertiary/aromatic N) is 2. The van der Waals surface area contributed by atoms with Gasteiger partial charge in [-0.05, 0) is 57.1 Å². The molecule has 0 spiro atoms. The van der Waals surface area contributed by atoms with Crippen molar-refractivity contribution in [1.82, 2.24) is 15.6 Å². The number of allylic oxidation sites excluding steroid dienone is 12. The summed E-state index contributed by atoms with van der Waals surface area (Å²) < 4.78 is 0. The van der Waals surface area contributed by atoms with Crippen LogP contribution in [-0.2, 0) is 4.79 Å². The van der Waals surface area contributed by atoms with E-state index in [-0.39, 0.29) is 17.5 Å². The van der Waals surface area contributed by atoms with E-state index in [4.69, 9.17) is 5.26 Å². The van der Waals surface area contributed by atoms with Gasteiger partial charge in [-0.2, -0.15) is 5.26 Å². The second kappa shape index (κ2) is 22.5. The minimum Gasteiger partial charge on any atom is -0.354 e. The Morgan fingerprint density at radius 3 is 1.78 bits per heavy atom. The fraction of sp³-hybridized carbons (Fsp3) is 0.355. The van der Waals surface area contributed by atoms with Gasteiger partial charge in [-0.15, -0.1) is 0 Å². The molecular formula is C31H40N4O2. The lowest BCUT2D eigenvalue weighted by molar-refractivity contribution is -0.120. The predicted molar refractivity (Wildman–Crippen MR) is 152 cm³/mol. The summed E-state index contributed by atoms with van der Waals surface area (Å²) in [6.07, 6.45) is 34.1. The van der Waals surface area contributed by atoms with Gasteiger partial charge in [0.05, 0.1) is 5.56 Å². The molecule has 2 N–H and O–H groups in total. The monoisotopic (exact) mass is 500 g/mol. The fourth-order valence-corrected chi connectivity index (χ4v) is 3.02. The molecule has 0 radical (unpaired) electrons. The first-order valence-corrected chi connectivity index (χ1v) is 13.0. The molecular weight excluding hydrogens is 460 g/mol. The van der Waals surface area contributed by atoms with Crippen LogP contribution in [0, 0.1) is 11.3 Å². The number of hydrogen-bond donors (Lipinski definition) is 2. The third-order valence-corrected chi connectivity index (χ3v) is 5.01. The number of aromatic nitrogens is 1. The first-order valence-electron chi connectivity index (χ1n) is 13.0. The minimum atomic E-state index is -0.288. The zero-order valence-corrected chi connectivity index (χ0v) is 21.9. The van der Waals surface area contributed by atoms with Crippen molar-refractivity contribution in [2.45, 2.75) is 58.3 Å². The van der Waals surface area contributed by atoms with Gasteiger partial charge in [-0.1, -0.05) is 79.8 Å². The van der Waals surface area contributed by atoms with Gasteiger partial charge in [0.15, 0.2) is 0 Å². The zero-order chi connectivity index (χ0) is 26.8. The van der Waals surface area contributed by atoms with Gasteiger partial charge in [-0.3, -0.25) is 9.59 Å². The fourth-order valence-electron chi connectivity index (χ4n) is 3.02. The van der Waals surface area contributed by atoms with Gasteiger partial charge in [0.25, 0.3) is 5.91 Å². The van der Waals surface area contributed by atoms with Crippen LogP contribution in [0.15, 0.2) is 91.2 Å². The van der Waals surface area contributed by atoms with E-state index >= 15 is 0 Å². The molecule has 0 aliphatic heterocycles. The number of nitriles is 1. The number of carbonyl (C=O) groups excluding carboxylic acids is 2. The largest absolute Gasteiger partial charge is 0.354 e. The number of hydrogen-bond acceptors (Lipinski definition) is 4. The second-order valence-electron chi connectivity index (χ2n) is 8.10. The van der Waals surface area contributed by atoms with Crippen LogP contribution in [0.2, 0.25) is 0 Å². The Kier molecular flexibility index (Phi) is 18.9. The van der Waals surface area contributed by atoms with Gasteiger partial charge >= 0.3 is 0 Å². The molecule has 6 heteroatoms. The molecule has 1 aromatic heterocycles. The molecule has 0 bridgehead atoms. The Balaban J connectivity index is 2.00. The number of rotatable bonds is 18. The normalized spacial score (nSPS) is 12.0. The number of amides is 2. The van der Waals surface area contributed by atoms with Crippen molar-refractivity contribution in [3.63, 3.8) is 0 Å². The van der Waals surface area contributed by atoms with Crippen molar-refractivity contribution < 1.29 is 9.59 Å². The third-order valence-electron chi connectivity index (χ3n) is 5.01. The molecule has 0 aliphatic rings. The molecule has 1 rings (SSSR count). The molecule has 0 aliphatic carbocycles. The lowest BCUT2D eigenvalue weighted by Gasteiger charge is -2.06. The molecule has 1 heterocycles. The minimum absolute atomic E-state index is 0.0474. The van der Waals surface area contributed by atoms with E-state index in [1.807, 2.05) is 12.1 Å². The molecule has 0 atom stereocenters. The number of carbonyl (C=O) groups is 2. The van der Waals surface area contributed by atoms with Gasteiger partial charge < -0.3 is 10.6 Å². The average molecular weight is 501 g/mol. The summed E-state index contributed by atoms with van der Waals surface area (Å²) in [5.41, 5.74) is 0.638. The van der Waals surface area contributed by atoms with Crippen LogP contribution >= 0.6 is 0 Å². The Morgan fingerprint density at radius 1 is 0.784 bits per heavy atom. The summed E-state index contributed by atoms with van der Waals surface area (Å²) in [7, 11) is 0.